The van der Waals surface area contributed by atoms with Crippen LogP contribution in [0.5, 0.6) is 5.75 Å². The van der Waals surface area contributed by atoms with Crippen LogP contribution in [0, 0.1) is 10.1 Å². The van der Waals surface area contributed by atoms with Gasteiger partial charge in [0.25, 0.3) is 5.69 Å². The van der Waals surface area contributed by atoms with Gasteiger partial charge in [-0.15, -0.1) is 0 Å². The topological polar surface area (TPSA) is 55.6 Å². The number of hydrogen-bond donors (Lipinski definition) is 0. The van der Waals surface area contributed by atoms with Crippen LogP contribution < -0.4 is 4.74 Å². The Hall–Kier alpha value is -1.88. The van der Waals surface area contributed by atoms with Crippen molar-refractivity contribution in [2.75, 3.05) is 20.2 Å². The summed E-state index contributed by atoms with van der Waals surface area (Å²) < 4.78 is 5.30. The summed E-state index contributed by atoms with van der Waals surface area (Å²) >= 11 is 0. The maximum Gasteiger partial charge on any atom is 0.273 e. The highest BCUT2D eigenvalue weighted by atomic mass is 16.6. The second-order valence-electron chi connectivity index (χ2n) is 5.21. The molecule has 0 aromatic heterocycles. The number of benzene rings is 1. The van der Waals surface area contributed by atoms with Crippen LogP contribution in [-0.2, 0) is 0 Å². The average molecular weight is 276 g/mol. The third kappa shape index (κ3) is 2.99. The van der Waals surface area contributed by atoms with Crippen LogP contribution in [0.15, 0.2) is 24.3 Å². The zero-order valence-electron chi connectivity index (χ0n) is 12.1. The molecule has 0 radical (unpaired) electrons. The van der Waals surface area contributed by atoms with Crippen LogP contribution in [0.2, 0.25) is 0 Å². The first-order valence-corrected chi connectivity index (χ1v) is 6.78. The molecule has 0 spiro atoms. The first-order chi connectivity index (χ1) is 9.52. The van der Waals surface area contributed by atoms with E-state index in [1.165, 1.54) is 17.7 Å². The van der Waals surface area contributed by atoms with E-state index < -0.39 is 4.92 Å². The Morgan fingerprint density at radius 3 is 2.65 bits per heavy atom. The standard InChI is InChI=1S/C15H20N2O3/c1-11(2)16-8-6-12(7-9-16)14-5-4-13(17(18)19)10-15(14)20-3/h4-6,10-11H,7-9H2,1-3H3. The Kier molecular flexibility index (Phi) is 4.39. The lowest BCUT2D eigenvalue weighted by molar-refractivity contribution is -0.384. The van der Waals surface area contributed by atoms with Crippen molar-refractivity contribution in [2.45, 2.75) is 26.3 Å². The van der Waals surface area contributed by atoms with Crippen LogP contribution in [0.4, 0.5) is 5.69 Å². The van der Waals surface area contributed by atoms with Gasteiger partial charge in [-0.1, -0.05) is 6.08 Å². The van der Waals surface area contributed by atoms with E-state index in [1.807, 2.05) is 0 Å². The van der Waals surface area contributed by atoms with E-state index in [9.17, 15) is 10.1 Å². The fourth-order valence-electron chi connectivity index (χ4n) is 2.46. The van der Waals surface area contributed by atoms with Gasteiger partial charge in [0.05, 0.1) is 18.1 Å². The van der Waals surface area contributed by atoms with Crippen molar-refractivity contribution in [3.63, 3.8) is 0 Å². The van der Waals surface area contributed by atoms with Crippen LogP contribution in [0.25, 0.3) is 5.57 Å². The van der Waals surface area contributed by atoms with Crippen molar-refractivity contribution in [2.24, 2.45) is 0 Å². The lowest BCUT2D eigenvalue weighted by Gasteiger charge is -2.30. The van der Waals surface area contributed by atoms with E-state index in [0.29, 0.717) is 11.8 Å². The number of rotatable bonds is 4. The quantitative estimate of drug-likeness (QED) is 0.626. The van der Waals surface area contributed by atoms with Gasteiger partial charge in [0.2, 0.25) is 0 Å². The smallest absolute Gasteiger partial charge is 0.273 e. The summed E-state index contributed by atoms with van der Waals surface area (Å²) in [5.41, 5.74) is 2.22. The number of nitro benzene ring substituents is 1. The van der Waals surface area contributed by atoms with Crippen molar-refractivity contribution >= 4 is 11.3 Å². The number of nitrogens with zero attached hydrogens (tertiary/aromatic N) is 2. The molecule has 0 aliphatic carbocycles. The number of hydrogen-bond acceptors (Lipinski definition) is 4. The Bertz CT molecular complexity index is 538. The molecule has 1 aliphatic heterocycles. The summed E-state index contributed by atoms with van der Waals surface area (Å²) in [5.74, 6) is 0.573. The summed E-state index contributed by atoms with van der Waals surface area (Å²) in [5, 5.41) is 10.8. The predicted octanol–water partition coefficient (Wildman–Crippen LogP) is 3.10. The summed E-state index contributed by atoms with van der Waals surface area (Å²) in [7, 11) is 1.55. The van der Waals surface area contributed by atoms with Crippen LogP contribution >= 0.6 is 0 Å². The maximum absolute atomic E-state index is 10.8. The molecule has 1 aliphatic rings. The Morgan fingerprint density at radius 2 is 2.15 bits per heavy atom. The van der Waals surface area contributed by atoms with Gasteiger partial charge in [-0.05, 0) is 31.9 Å². The van der Waals surface area contributed by atoms with E-state index in [1.54, 1.807) is 13.2 Å². The number of non-ortho nitro benzene ring substituents is 1. The minimum atomic E-state index is -0.401. The molecule has 0 bridgehead atoms. The van der Waals surface area contributed by atoms with Crippen molar-refractivity contribution in [3.05, 3.63) is 40.0 Å². The van der Waals surface area contributed by atoms with E-state index in [0.717, 1.165) is 25.1 Å². The van der Waals surface area contributed by atoms with E-state index in [4.69, 9.17) is 4.74 Å². The van der Waals surface area contributed by atoms with Crippen molar-refractivity contribution < 1.29 is 9.66 Å². The molecule has 0 unspecified atom stereocenters. The molecule has 5 heteroatoms. The number of methoxy groups -OCH3 is 1. The van der Waals surface area contributed by atoms with Gasteiger partial charge >= 0.3 is 0 Å². The second kappa shape index (κ2) is 6.05. The highest BCUT2D eigenvalue weighted by Gasteiger charge is 2.19. The zero-order chi connectivity index (χ0) is 14.7. The lowest BCUT2D eigenvalue weighted by atomic mass is 9.97. The predicted molar refractivity (Wildman–Crippen MR) is 79.0 cm³/mol. The highest BCUT2D eigenvalue weighted by Crippen LogP contribution is 2.33. The highest BCUT2D eigenvalue weighted by molar-refractivity contribution is 5.72. The normalized spacial score (nSPS) is 16.1. The molecule has 2 rings (SSSR count). The van der Waals surface area contributed by atoms with Gasteiger partial charge < -0.3 is 4.74 Å². The zero-order valence-corrected chi connectivity index (χ0v) is 12.1. The largest absolute Gasteiger partial charge is 0.496 e. The molecule has 0 amide bonds. The van der Waals surface area contributed by atoms with Gasteiger partial charge in [0.1, 0.15) is 5.75 Å². The molecule has 108 valence electrons. The molecule has 5 nitrogen and oxygen atoms in total. The van der Waals surface area contributed by atoms with Gasteiger partial charge in [-0.3, -0.25) is 15.0 Å². The first-order valence-electron chi connectivity index (χ1n) is 6.78. The summed E-state index contributed by atoms with van der Waals surface area (Å²) in [4.78, 5) is 12.8. The molecule has 1 aromatic carbocycles. The molecule has 0 N–H and O–H groups in total. The molecule has 1 heterocycles. The van der Waals surface area contributed by atoms with Gasteiger partial charge in [-0.2, -0.15) is 0 Å². The van der Waals surface area contributed by atoms with Crippen LogP contribution in [0.1, 0.15) is 25.8 Å². The molecular formula is C15H20N2O3. The Balaban J connectivity index is 2.27. The van der Waals surface area contributed by atoms with Crippen molar-refractivity contribution in [1.29, 1.82) is 0 Å². The molecule has 0 saturated heterocycles. The van der Waals surface area contributed by atoms with Crippen LogP contribution in [-0.4, -0.2) is 36.1 Å². The van der Waals surface area contributed by atoms with E-state index in [-0.39, 0.29) is 5.69 Å². The minimum absolute atomic E-state index is 0.0609. The fraction of sp³-hybridized carbons (Fsp3) is 0.467. The Morgan fingerprint density at radius 1 is 1.40 bits per heavy atom. The Labute approximate surface area is 119 Å². The molecule has 0 atom stereocenters. The van der Waals surface area contributed by atoms with Crippen molar-refractivity contribution in [1.82, 2.24) is 4.90 Å². The molecule has 0 saturated carbocycles. The molecule has 20 heavy (non-hydrogen) atoms. The summed E-state index contributed by atoms with van der Waals surface area (Å²) in [6, 6.07) is 5.35. The number of ether oxygens (including phenoxy) is 1. The maximum atomic E-state index is 10.8. The van der Waals surface area contributed by atoms with E-state index >= 15 is 0 Å². The summed E-state index contributed by atoms with van der Waals surface area (Å²) in [6.07, 6.45) is 3.12. The third-order valence-corrected chi connectivity index (χ3v) is 3.71. The van der Waals surface area contributed by atoms with Crippen LogP contribution in [0.3, 0.4) is 0 Å². The van der Waals surface area contributed by atoms with Gasteiger partial charge in [-0.25, -0.2) is 0 Å². The lowest BCUT2D eigenvalue weighted by Crippen LogP contribution is -2.34. The number of nitro groups is 1. The first kappa shape index (κ1) is 14.5. The molecule has 0 fully saturated rings. The third-order valence-electron chi connectivity index (χ3n) is 3.71. The summed E-state index contributed by atoms with van der Waals surface area (Å²) in [6.45, 7) is 6.29. The monoisotopic (exact) mass is 276 g/mol. The second-order valence-corrected chi connectivity index (χ2v) is 5.21. The van der Waals surface area contributed by atoms with Gasteiger partial charge in [0.15, 0.2) is 0 Å². The van der Waals surface area contributed by atoms with E-state index in [2.05, 4.69) is 24.8 Å². The SMILES string of the molecule is COc1cc([N+](=O)[O-])ccc1C1=CCN(C(C)C)CC1. The fourth-order valence-corrected chi connectivity index (χ4v) is 2.46. The van der Waals surface area contributed by atoms with Crippen molar-refractivity contribution in [3.8, 4) is 5.75 Å². The molecule has 1 aromatic rings. The average Bonchev–Trinajstić information content (AvgIpc) is 2.46. The molecular weight excluding hydrogens is 256 g/mol. The minimum Gasteiger partial charge on any atom is -0.496 e. The van der Waals surface area contributed by atoms with Gasteiger partial charge in [0, 0.05) is 30.8 Å².